The van der Waals surface area contributed by atoms with E-state index >= 15 is 0 Å². The Balaban J connectivity index is 4.73. The lowest BCUT2D eigenvalue weighted by Crippen LogP contribution is -2.59. The second-order valence-corrected chi connectivity index (χ2v) is 2.60. The Morgan fingerprint density at radius 2 is 2.00 bits per heavy atom. The molecule has 0 saturated heterocycles. The van der Waals surface area contributed by atoms with Crippen LogP contribution in [0.4, 0.5) is 13.2 Å². The third kappa shape index (κ3) is 2.45. The number of halogens is 3. The molecule has 0 aliphatic carbocycles. The minimum absolute atomic E-state index is 0.0949. The molecule has 0 spiro atoms. The Morgan fingerprint density at radius 3 is 2.23 bits per heavy atom. The molecular weight excluding hydrogens is 187 g/mol. The van der Waals surface area contributed by atoms with Gasteiger partial charge in [-0.05, 0) is 12.8 Å². The molecule has 0 bridgehead atoms. The summed E-state index contributed by atoms with van der Waals surface area (Å²) in [4.78, 5) is 10.3. The maximum absolute atomic E-state index is 12.1. The number of hydrogen-bond acceptors (Lipinski definition) is 2. The highest BCUT2D eigenvalue weighted by Crippen LogP contribution is 2.32. The summed E-state index contributed by atoms with van der Waals surface area (Å²) in [5.41, 5.74) is 1.57. The molecule has 0 heterocycles. The second-order valence-electron chi connectivity index (χ2n) is 2.60. The molecule has 0 aromatic carbocycles. The molecule has 0 fully saturated rings. The summed E-state index contributed by atoms with van der Waals surface area (Å²) in [6, 6.07) is 0. The topological polar surface area (TPSA) is 63.3 Å². The minimum atomic E-state index is -4.94. The second kappa shape index (κ2) is 3.78. The molecule has 3 N–H and O–H groups in total. The molecule has 13 heavy (non-hydrogen) atoms. The van der Waals surface area contributed by atoms with Crippen molar-refractivity contribution in [2.75, 3.05) is 0 Å². The van der Waals surface area contributed by atoms with Crippen LogP contribution < -0.4 is 5.73 Å². The first-order chi connectivity index (χ1) is 5.75. The Morgan fingerprint density at radius 1 is 1.54 bits per heavy atom. The normalized spacial score (nSPS) is 16.3. The number of hydrogen-bond donors (Lipinski definition) is 2. The van der Waals surface area contributed by atoms with Gasteiger partial charge in [0, 0.05) is 0 Å². The van der Waals surface area contributed by atoms with Crippen LogP contribution in [0.25, 0.3) is 0 Å². The zero-order valence-corrected chi connectivity index (χ0v) is 6.77. The molecule has 1 atom stereocenters. The number of carboxylic acids is 1. The van der Waals surface area contributed by atoms with E-state index in [0.717, 1.165) is 0 Å². The molecule has 0 aliphatic heterocycles. The first kappa shape index (κ1) is 12.0. The van der Waals surface area contributed by atoms with Crippen molar-refractivity contribution >= 4 is 5.97 Å². The van der Waals surface area contributed by atoms with E-state index in [4.69, 9.17) is 10.8 Å². The monoisotopic (exact) mass is 197 g/mol. The lowest BCUT2D eigenvalue weighted by Gasteiger charge is -2.26. The van der Waals surface area contributed by atoms with Crippen LogP contribution in [0.3, 0.4) is 0 Å². The third-order valence-corrected chi connectivity index (χ3v) is 1.63. The van der Waals surface area contributed by atoms with Crippen molar-refractivity contribution < 1.29 is 23.1 Å². The molecule has 6 heteroatoms. The summed E-state index contributed by atoms with van der Waals surface area (Å²) < 4.78 is 36.4. The van der Waals surface area contributed by atoms with Crippen LogP contribution in [0.5, 0.6) is 0 Å². The highest BCUT2D eigenvalue weighted by Gasteiger charge is 2.57. The zero-order chi connectivity index (χ0) is 10.7. The van der Waals surface area contributed by atoms with Crippen molar-refractivity contribution in [3.63, 3.8) is 0 Å². The summed E-state index contributed by atoms with van der Waals surface area (Å²) >= 11 is 0. The maximum Gasteiger partial charge on any atom is 0.417 e. The summed E-state index contributed by atoms with van der Waals surface area (Å²) in [7, 11) is 0. The van der Waals surface area contributed by atoms with Crippen LogP contribution in [-0.2, 0) is 4.79 Å². The van der Waals surface area contributed by atoms with Crippen molar-refractivity contribution in [3.05, 3.63) is 12.7 Å². The zero-order valence-electron chi connectivity index (χ0n) is 6.77. The quantitative estimate of drug-likeness (QED) is 0.667. The van der Waals surface area contributed by atoms with E-state index in [-0.39, 0.29) is 6.42 Å². The van der Waals surface area contributed by atoms with Gasteiger partial charge in [0.15, 0.2) is 0 Å². The predicted octanol–water partition coefficient (Wildman–Crippen LogP) is 1.30. The molecule has 0 amide bonds. The van der Waals surface area contributed by atoms with Gasteiger partial charge in [-0.2, -0.15) is 13.2 Å². The molecule has 0 rings (SSSR count). The first-order valence-electron chi connectivity index (χ1n) is 3.45. The number of carbonyl (C=O) groups is 1. The van der Waals surface area contributed by atoms with Crippen molar-refractivity contribution in [3.8, 4) is 0 Å². The first-order valence-corrected chi connectivity index (χ1v) is 3.45. The smallest absolute Gasteiger partial charge is 0.417 e. The fraction of sp³-hybridized carbons (Fsp3) is 0.571. The Kier molecular flexibility index (Phi) is 3.48. The van der Waals surface area contributed by atoms with Crippen molar-refractivity contribution in [2.45, 2.75) is 24.6 Å². The van der Waals surface area contributed by atoms with E-state index in [1.807, 2.05) is 0 Å². The standard InChI is InChI=1S/C7H10F3NO2/c1-2-3-4-6(11,5(12)13)7(8,9)10/h2H,1,3-4,11H2,(H,12,13). The van der Waals surface area contributed by atoms with Gasteiger partial charge in [-0.1, -0.05) is 6.08 Å². The van der Waals surface area contributed by atoms with Crippen LogP contribution in [0.15, 0.2) is 12.7 Å². The van der Waals surface area contributed by atoms with E-state index in [1.165, 1.54) is 6.08 Å². The predicted molar refractivity (Wildman–Crippen MR) is 40.0 cm³/mol. The Hall–Kier alpha value is -1.04. The van der Waals surface area contributed by atoms with Gasteiger partial charge in [0.2, 0.25) is 5.54 Å². The average molecular weight is 197 g/mol. The lowest BCUT2D eigenvalue weighted by atomic mass is 9.94. The van der Waals surface area contributed by atoms with Gasteiger partial charge in [-0.15, -0.1) is 6.58 Å². The number of allylic oxidation sites excluding steroid dienone is 1. The SMILES string of the molecule is C=CCCC(N)(C(=O)O)C(F)(F)F. The maximum atomic E-state index is 12.1. The summed E-state index contributed by atoms with van der Waals surface area (Å²) in [6.07, 6.45) is -4.55. The number of alkyl halides is 3. The lowest BCUT2D eigenvalue weighted by molar-refractivity contribution is -0.203. The van der Waals surface area contributed by atoms with Gasteiger partial charge in [-0.3, -0.25) is 0 Å². The van der Waals surface area contributed by atoms with Crippen LogP contribution in [0.1, 0.15) is 12.8 Å². The minimum Gasteiger partial charge on any atom is -0.480 e. The van der Waals surface area contributed by atoms with E-state index in [1.54, 1.807) is 0 Å². The van der Waals surface area contributed by atoms with E-state index < -0.39 is 24.1 Å². The fourth-order valence-corrected chi connectivity index (χ4v) is 0.700. The molecule has 0 aromatic rings. The molecule has 1 unspecified atom stereocenters. The van der Waals surface area contributed by atoms with Crippen LogP contribution in [0.2, 0.25) is 0 Å². The number of carboxylic acid groups (broad SMARTS) is 1. The molecule has 0 radical (unpaired) electrons. The van der Waals surface area contributed by atoms with Crippen LogP contribution in [-0.4, -0.2) is 22.8 Å². The Labute approximate surface area is 73.0 Å². The van der Waals surface area contributed by atoms with Crippen LogP contribution >= 0.6 is 0 Å². The van der Waals surface area contributed by atoms with Gasteiger partial charge in [-0.25, -0.2) is 4.79 Å². The summed E-state index contributed by atoms with van der Waals surface area (Å²) in [5.74, 6) is -2.07. The number of nitrogens with two attached hydrogens (primary N) is 1. The fourth-order valence-electron chi connectivity index (χ4n) is 0.700. The highest BCUT2D eigenvalue weighted by molar-refractivity contribution is 5.79. The van der Waals surface area contributed by atoms with Gasteiger partial charge >= 0.3 is 12.1 Å². The van der Waals surface area contributed by atoms with E-state index in [2.05, 4.69) is 6.58 Å². The summed E-state index contributed by atoms with van der Waals surface area (Å²) in [6.45, 7) is 3.19. The molecular formula is C7H10F3NO2. The van der Waals surface area contributed by atoms with Gasteiger partial charge in [0.25, 0.3) is 0 Å². The average Bonchev–Trinajstić information content (AvgIpc) is 1.97. The molecule has 76 valence electrons. The summed E-state index contributed by atoms with van der Waals surface area (Å²) in [5, 5.41) is 8.32. The largest absolute Gasteiger partial charge is 0.480 e. The molecule has 0 aromatic heterocycles. The van der Waals surface area contributed by atoms with Crippen LogP contribution in [0, 0.1) is 0 Å². The van der Waals surface area contributed by atoms with E-state index in [0.29, 0.717) is 0 Å². The van der Waals surface area contributed by atoms with Crippen molar-refractivity contribution in [2.24, 2.45) is 5.73 Å². The number of rotatable bonds is 4. The highest BCUT2D eigenvalue weighted by atomic mass is 19.4. The number of aliphatic carboxylic acids is 1. The van der Waals surface area contributed by atoms with Gasteiger partial charge in [0.05, 0.1) is 0 Å². The molecule has 0 saturated carbocycles. The van der Waals surface area contributed by atoms with Crippen molar-refractivity contribution in [1.29, 1.82) is 0 Å². The molecule has 0 aliphatic rings. The van der Waals surface area contributed by atoms with Gasteiger partial charge in [0.1, 0.15) is 0 Å². The molecule has 3 nitrogen and oxygen atoms in total. The van der Waals surface area contributed by atoms with E-state index in [9.17, 15) is 18.0 Å². The third-order valence-electron chi connectivity index (χ3n) is 1.63. The van der Waals surface area contributed by atoms with Gasteiger partial charge < -0.3 is 10.8 Å². The van der Waals surface area contributed by atoms with Crippen molar-refractivity contribution in [1.82, 2.24) is 0 Å². The Bertz CT molecular complexity index is 214.